The topological polar surface area (TPSA) is 45.2 Å². The molecule has 0 bridgehead atoms. The van der Waals surface area contributed by atoms with E-state index in [0.717, 1.165) is 24.3 Å². The molecule has 104 valence electrons. The van der Waals surface area contributed by atoms with Crippen molar-refractivity contribution in [2.24, 2.45) is 5.92 Å². The number of aliphatic hydroxyl groups excluding tert-OH is 1. The SMILES string of the molecule is CNC(=S)C1(c2cccnc2)CCCCC1CCO. The quantitative estimate of drug-likeness (QED) is 0.830. The van der Waals surface area contributed by atoms with Crippen molar-refractivity contribution in [1.82, 2.24) is 10.3 Å². The third-order valence-electron chi connectivity index (χ3n) is 4.36. The highest BCUT2D eigenvalue weighted by Crippen LogP contribution is 2.45. The lowest BCUT2D eigenvalue weighted by Crippen LogP contribution is -2.49. The number of aromatic nitrogens is 1. The second-order valence-electron chi connectivity index (χ2n) is 5.25. The van der Waals surface area contributed by atoms with Gasteiger partial charge in [0.25, 0.3) is 0 Å². The summed E-state index contributed by atoms with van der Waals surface area (Å²) in [6.07, 6.45) is 9.09. The lowest BCUT2D eigenvalue weighted by Gasteiger charge is -2.44. The number of nitrogens with one attached hydrogen (secondary N) is 1. The molecule has 1 aliphatic carbocycles. The molecular weight excluding hydrogens is 256 g/mol. The fourth-order valence-corrected chi connectivity index (χ4v) is 3.84. The van der Waals surface area contributed by atoms with Gasteiger partial charge in [0.2, 0.25) is 0 Å². The standard InChI is InChI=1S/C15H22N2OS/c1-16-14(19)15(13-6-4-9-17-11-13)8-3-2-5-12(15)7-10-18/h4,6,9,11-12,18H,2-3,5,7-8,10H2,1H3,(H,16,19). The Hall–Kier alpha value is -1.00. The summed E-state index contributed by atoms with van der Waals surface area (Å²) in [7, 11) is 1.89. The van der Waals surface area contributed by atoms with Crippen LogP contribution in [0, 0.1) is 5.92 Å². The van der Waals surface area contributed by atoms with E-state index >= 15 is 0 Å². The first-order chi connectivity index (χ1) is 9.25. The maximum Gasteiger partial charge on any atom is 0.0861 e. The van der Waals surface area contributed by atoms with E-state index in [9.17, 15) is 5.11 Å². The van der Waals surface area contributed by atoms with Crippen LogP contribution in [0.25, 0.3) is 0 Å². The average molecular weight is 278 g/mol. The van der Waals surface area contributed by atoms with Crippen LogP contribution in [0.2, 0.25) is 0 Å². The van der Waals surface area contributed by atoms with Gasteiger partial charge in [-0.3, -0.25) is 4.98 Å². The van der Waals surface area contributed by atoms with Gasteiger partial charge in [0.1, 0.15) is 0 Å². The molecule has 2 rings (SSSR count). The molecule has 1 aliphatic rings. The van der Waals surface area contributed by atoms with E-state index in [0.29, 0.717) is 5.92 Å². The molecule has 0 aliphatic heterocycles. The number of thiocarbonyl (C=S) groups is 1. The van der Waals surface area contributed by atoms with Crippen molar-refractivity contribution in [1.29, 1.82) is 0 Å². The minimum absolute atomic E-state index is 0.153. The molecule has 1 fully saturated rings. The fourth-order valence-electron chi connectivity index (χ4n) is 3.45. The number of rotatable bonds is 4. The summed E-state index contributed by atoms with van der Waals surface area (Å²) >= 11 is 5.64. The minimum atomic E-state index is -0.153. The van der Waals surface area contributed by atoms with Gasteiger partial charge in [-0.2, -0.15) is 0 Å². The van der Waals surface area contributed by atoms with Gasteiger partial charge < -0.3 is 10.4 Å². The summed E-state index contributed by atoms with van der Waals surface area (Å²) in [5, 5.41) is 12.6. The highest BCUT2D eigenvalue weighted by molar-refractivity contribution is 7.80. The normalized spacial score (nSPS) is 26.9. The van der Waals surface area contributed by atoms with E-state index in [4.69, 9.17) is 12.2 Å². The molecule has 2 unspecified atom stereocenters. The van der Waals surface area contributed by atoms with Crippen LogP contribution in [-0.4, -0.2) is 28.7 Å². The van der Waals surface area contributed by atoms with Crippen LogP contribution in [0.15, 0.2) is 24.5 Å². The molecule has 0 saturated heterocycles. The van der Waals surface area contributed by atoms with E-state index in [1.807, 2.05) is 19.3 Å². The summed E-state index contributed by atoms with van der Waals surface area (Å²) in [6.45, 7) is 0.221. The van der Waals surface area contributed by atoms with Gasteiger partial charge in [-0.25, -0.2) is 0 Å². The van der Waals surface area contributed by atoms with E-state index < -0.39 is 0 Å². The summed E-state index contributed by atoms with van der Waals surface area (Å²) < 4.78 is 0. The maximum absolute atomic E-state index is 9.37. The fraction of sp³-hybridized carbons (Fsp3) is 0.600. The molecular formula is C15H22N2OS. The Morgan fingerprint density at radius 3 is 3.05 bits per heavy atom. The molecule has 0 spiro atoms. The number of pyridine rings is 1. The third-order valence-corrected chi connectivity index (χ3v) is 4.93. The predicted octanol–water partition coefficient (Wildman–Crippen LogP) is 2.44. The Morgan fingerprint density at radius 2 is 2.42 bits per heavy atom. The van der Waals surface area contributed by atoms with Crippen LogP contribution >= 0.6 is 12.2 Å². The van der Waals surface area contributed by atoms with Gasteiger partial charge in [-0.15, -0.1) is 0 Å². The number of aliphatic hydroxyl groups is 1. The molecule has 0 aromatic carbocycles. The molecule has 19 heavy (non-hydrogen) atoms. The van der Waals surface area contributed by atoms with Gasteiger partial charge in [-0.05, 0) is 36.8 Å². The van der Waals surface area contributed by atoms with Crippen LogP contribution < -0.4 is 5.32 Å². The van der Waals surface area contributed by atoms with E-state index in [-0.39, 0.29) is 12.0 Å². The first-order valence-electron chi connectivity index (χ1n) is 6.99. The van der Waals surface area contributed by atoms with Gasteiger partial charge in [0.05, 0.1) is 4.99 Å². The average Bonchev–Trinajstić information content (AvgIpc) is 2.48. The zero-order valence-electron chi connectivity index (χ0n) is 11.4. The number of hydrogen-bond acceptors (Lipinski definition) is 3. The Bertz CT molecular complexity index is 421. The molecule has 2 atom stereocenters. The van der Waals surface area contributed by atoms with Gasteiger partial charge in [0.15, 0.2) is 0 Å². The smallest absolute Gasteiger partial charge is 0.0861 e. The number of nitrogens with zero attached hydrogens (tertiary/aromatic N) is 1. The number of likely N-dealkylation sites (N-methyl/N-ethyl adjacent to an activating group) is 1. The molecule has 1 heterocycles. The molecule has 4 heteroatoms. The molecule has 1 saturated carbocycles. The molecule has 3 nitrogen and oxygen atoms in total. The Kier molecular flexibility index (Phi) is 4.88. The highest BCUT2D eigenvalue weighted by atomic mass is 32.1. The van der Waals surface area contributed by atoms with Crippen molar-refractivity contribution >= 4 is 17.2 Å². The Morgan fingerprint density at radius 1 is 1.58 bits per heavy atom. The zero-order chi connectivity index (χ0) is 13.7. The van der Waals surface area contributed by atoms with Crippen molar-refractivity contribution in [2.75, 3.05) is 13.7 Å². The molecule has 0 radical (unpaired) electrons. The first-order valence-corrected chi connectivity index (χ1v) is 7.40. The van der Waals surface area contributed by atoms with Gasteiger partial charge in [-0.1, -0.05) is 31.1 Å². The van der Waals surface area contributed by atoms with Crippen molar-refractivity contribution in [3.8, 4) is 0 Å². The largest absolute Gasteiger partial charge is 0.396 e. The second kappa shape index (κ2) is 6.44. The van der Waals surface area contributed by atoms with Gasteiger partial charge in [0, 0.05) is 31.5 Å². The van der Waals surface area contributed by atoms with Crippen LogP contribution in [0.5, 0.6) is 0 Å². The monoisotopic (exact) mass is 278 g/mol. The van der Waals surface area contributed by atoms with Crippen molar-refractivity contribution < 1.29 is 5.11 Å². The highest BCUT2D eigenvalue weighted by Gasteiger charge is 2.45. The first kappa shape index (κ1) is 14.4. The predicted molar refractivity (Wildman–Crippen MR) is 81.2 cm³/mol. The summed E-state index contributed by atoms with van der Waals surface area (Å²) in [4.78, 5) is 5.15. The molecule has 0 amide bonds. The second-order valence-corrected chi connectivity index (χ2v) is 5.66. The van der Waals surface area contributed by atoms with Crippen molar-refractivity contribution in [3.05, 3.63) is 30.1 Å². The summed E-state index contributed by atoms with van der Waals surface area (Å²) in [5.74, 6) is 0.399. The van der Waals surface area contributed by atoms with E-state index in [2.05, 4.69) is 16.4 Å². The van der Waals surface area contributed by atoms with E-state index in [1.54, 1.807) is 6.20 Å². The summed E-state index contributed by atoms with van der Waals surface area (Å²) in [5.41, 5.74) is 1.03. The lowest BCUT2D eigenvalue weighted by atomic mass is 9.61. The Balaban J connectivity index is 2.46. The lowest BCUT2D eigenvalue weighted by molar-refractivity contribution is 0.184. The molecule has 1 aromatic rings. The van der Waals surface area contributed by atoms with Crippen LogP contribution in [0.1, 0.15) is 37.7 Å². The molecule has 2 N–H and O–H groups in total. The maximum atomic E-state index is 9.37. The van der Waals surface area contributed by atoms with Crippen LogP contribution in [-0.2, 0) is 5.41 Å². The molecule has 1 aromatic heterocycles. The van der Waals surface area contributed by atoms with Crippen molar-refractivity contribution in [3.63, 3.8) is 0 Å². The number of hydrogen-bond donors (Lipinski definition) is 2. The zero-order valence-corrected chi connectivity index (χ0v) is 12.2. The Labute approximate surface area is 120 Å². The third kappa shape index (κ3) is 2.65. The minimum Gasteiger partial charge on any atom is -0.396 e. The van der Waals surface area contributed by atoms with Crippen LogP contribution in [0.4, 0.5) is 0 Å². The van der Waals surface area contributed by atoms with Crippen molar-refractivity contribution in [2.45, 2.75) is 37.5 Å². The van der Waals surface area contributed by atoms with Crippen LogP contribution in [0.3, 0.4) is 0 Å². The van der Waals surface area contributed by atoms with Gasteiger partial charge >= 0.3 is 0 Å². The van der Waals surface area contributed by atoms with E-state index in [1.165, 1.54) is 18.4 Å². The summed E-state index contributed by atoms with van der Waals surface area (Å²) in [6, 6.07) is 4.09.